The van der Waals surface area contributed by atoms with E-state index in [1.54, 1.807) is 6.92 Å². The standard InChI is InChI=1S/C21H27N5O3/c1-2-29-19(23)15-13-24-17(12-16(15)22)25-20(27)26-18(14-8-4-3-5-9-14)21(28)10-6-7-11-21/h3-5,8-9,12-13,18,23,28H,2,6-7,10-11H2,1H3,(H4,22,24,25,26,27)/t18-/m0/s1. The number of pyridine rings is 1. The molecule has 0 saturated heterocycles. The van der Waals surface area contributed by atoms with Crippen LogP contribution < -0.4 is 16.4 Å². The normalized spacial score (nSPS) is 16.1. The van der Waals surface area contributed by atoms with Crippen LogP contribution in [0.1, 0.15) is 49.8 Å². The number of aromatic nitrogens is 1. The number of carbonyl (C=O) groups excluding carboxylic acids is 1. The molecule has 1 heterocycles. The minimum absolute atomic E-state index is 0.0684. The molecule has 1 saturated carbocycles. The van der Waals surface area contributed by atoms with Crippen molar-refractivity contribution in [3.05, 3.63) is 53.7 Å². The van der Waals surface area contributed by atoms with Crippen molar-refractivity contribution in [1.82, 2.24) is 10.3 Å². The summed E-state index contributed by atoms with van der Waals surface area (Å²) in [4.78, 5) is 16.8. The lowest BCUT2D eigenvalue weighted by Gasteiger charge is -2.33. The minimum atomic E-state index is -0.985. The number of hydrogen-bond acceptors (Lipinski definition) is 6. The monoisotopic (exact) mass is 397 g/mol. The molecule has 1 fully saturated rings. The Bertz CT molecular complexity index is 866. The molecule has 0 bridgehead atoms. The molecule has 1 aliphatic rings. The van der Waals surface area contributed by atoms with Crippen molar-refractivity contribution in [2.45, 2.75) is 44.2 Å². The first-order valence-corrected chi connectivity index (χ1v) is 9.75. The molecule has 0 unspecified atom stereocenters. The van der Waals surface area contributed by atoms with E-state index in [9.17, 15) is 9.90 Å². The Balaban J connectivity index is 1.74. The second-order valence-corrected chi connectivity index (χ2v) is 7.17. The van der Waals surface area contributed by atoms with Crippen LogP contribution in [0.2, 0.25) is 0 Å². The number of anilines is 2. The van der Waals surface area contributed by atoms with Crippen molar-refractivity contribution in [2.75, 3.05) is 17.7 Å². The highest BCUT2D eigenvalue weighted by Gasteiger charge is 2.41. The number of benzene rings is 1. The Morgan fingerprint density at radius 3 is 2.66 bits per heavy atom. The number of amides is 2. The SMILES string of the molecule is CCOC(=N)c1cnc(NC(=O)N[C@@H](c2ccccc2)C2(O)CCCC2)cc1N. The van der Waals surface area contributed by atoms with E-state index >= 15 is 0 Å². The molecule has 1 aromatic carbocycles. The van der Waals surface area contributed by atoms with Crippen LogP contribution >= 0.6 is 0 Å². The van der Waals surface area contributed by atoms with Gasteiger partial charge in [-0.1, -0.05) is 43.2 Å². The lowest BCUT2D eigenvalue weighted by molar-refractivity contribution is 0.0113. The molecule has 1 aliphatic carbocycles. The van der Waals surface area contributed by atoms with E-state index < -0.39 is 17.7 Å². The van der Waals surface area contributed by atoms with Crippen molar-refractivity contribution in [3.8, 4) is 0 Å². The molecule has 2 amide bonds. The van der Waals surface area contributed by atoms with E-state index in [1.807, 2.05) is 30.3 Å². The van der Waals surface area contributed by atoms with Crippen LogP contribution in [0, 0.1) is 5.41 Å². The van der Waals surface area contributed by atoms with Gasteiger partial charge in [-0.05, 0) is 25.3 Å². The van der Waals surface area contributed by atoms with Crippen LogP contribution in [-0.4, -0.2) is 34.2 Å². The van der Waals surface area contributed by atoms with Gasteiger partial charge in [-0.3, -0.25) is 10.7 Å². The summed E-state index contributed by atoms with van der Waals surface area (Å²) < 4.78 is 5.14. The van der Waals surface area contributed by atoms with Gasteiger partial charge in [-0.15, -0.1) is 0 Å². The van der Waals surface area contributed by atoms with Gasteiger partial charge in [0.2, 0.25) is 5.90 Å². The summed E-state index contributed by atoms with van der Waals surface area (Å²) in [6.07, 6.45) is 4.50. The summed E-state index contributed by atoms with van der Waals surface area (Å²) in [6.45, 7) is 2.13. The molecule has 8 heteroatoms. The summed E-state index contributed by atoms with van der Waals surface area (Å²) in [5.41, 5.74) is 6.47. The highest BCUT2D eigenvalue weighted by Crippen LogP contribution is 2.39. The van der Waals surface area contributed by atoms with Gasteiger partial charge in [0.15, 0.2) is 0 Å². The van der Waals surface area contributed by atoms with Gasteiger partial charge in [0.05, 0.1) is 23.8 Å². The largest absolute Gasteiger partial charge is 0.478 e. The minimum Gasteiger partial charge on any atom is -0.478 e. The molecule has 2 aromatic rings. The zero-order valence-electron chi connectivity index (χ0n) is 16.4. The Kier molecular flexibility index (Phi) is 6.33. The zero-order valence-corrected chi connectivity index (χ0v) is 16.4. The first-order chi connectivity index (χ1) is 13.9. The van der Waals surface area contributed by atoms with Crippen LogP contribution in [-0.2, 0) is 4.74 Å². The molecule has 3 rings (SSSR count). The van der Waals surface area contributed by atoms with Crippen LogP contribution in [0.3, 0.4) is 0 Å². The molecule has 0 spiro atoms. The Morgan fingerprint density at radius 1 is 1.34 bits per heavy atom. The first-order valence-electron chi connectivity index (χ1n) is 9.75. The van der Waals surface area contributed by atoms with Gasteiger partial charge < -0.3 is 20.9 Å². The molecule has 0 aliphatic heterocycles. The van der Waals surface area contributed by atoms with E-state index in [-0.39, 0.29) is 17.4 Å². The number of hydrogen-bond donors (Lipinski definition) is 5. The molecule has 1 atom stereocenters. The Morgan fingerprint density at radius 2 is 2.03 bits per heavy atom. The number of nitrogens with zero attached hydrogens (tertiary/aromatic N) is 1. The average Bonchev–Trinajstić information content (AvgIpc) is 3.14. The number of rotatable bonds is 6. The van der Waals surface area contributed by atoms with Crippen molar-refractivity contribution in [3.63, 3.8) is 0 Å². The van der Waals surface area contributed by atoms with Gasteiger partial charge in [0, 0.05) is 18.0 Å². The van der Waals surface area contributed by atoms with Gasteiger partial charge >= 0.3 is 6.03 Å². The second kappa shape index (κ2) is 8.91. The lowest BCUT2D eigenvalue weighted by Crippen LogP contribution is -2.45. The van der Waals surface area contributed by atoms with Crippen LogP contribution in [0.5, 0.6) is 0 Å². The smallest absolute Gasteiger partial charge is 0.320 e. The fourth-order valence-electron chi connectivity index (χ4n) is 3.68. The van der Waals surface area contributed by atoms with Gasteiger partial charge in [0.25, 0.3) is 0 Å². The number of aliphatic hydroxyl groups is 1. The lowest BCUT2D eigenvalue weighted by atomic mass is 9.87. The molecular weight excluding hydrogens is 370 g/mol. The molecule has 1 aromatic heterocycles. The van der Waals surface area contributed by atoms with E-state index in [0.717, 1.165) is 18.4 Å². The fourth-order valence-corrected chi connectivity index (χ4v) is 3.68. The van der Waals surface area contributed by atoms with E-state index in [2.05, 4.69) is 15.6 Å². The van der Waals surface area contributed by atoms with Crippen LogP contribution in [0.4, 0.5) is 16.3 Å². The highest BCUT2D eigenvalue weighted by atomic mass is 16.5. The summed E-state index contributed by atoms with van der Waals surface area (Å²) in [6, 6.07) is 9.91. The van der Waals surface area contributed by atoms with Crippen molar-refractivity contribution >= 4 is 23.4 Å². The number of nitrogens with one attached hydrogen (secondary N) is 3. The third kappa shape index (κ3) is 4.83. The molecular formula is C21H27N5O3. The third-order valence-corrected chi connectivity index (χ3v) is 5.13. The van der Waals surface area contributed by atoms with Gasteiger partial charge in [-0.25, -0.2) is 9.78 Å². The molecule has 29 heavy (non-hydrogen) atoms. The summed E-state index contributed by atoms with van der Waals surface area (Å²) in [5, 5.41) is 24.5. The number of urea groups is 1. The van der Waals surface area contributed by atoms with Crippen LogP contribution in [0.15, 0.2) is 42.6 Å². The Labute approximate surface area is 170 Å². The van der Waals surface area contributed by atoms with Crippen LogP contribution in [0.25, 0.3) is 0 Å². The van der Waals surface area contributed by atoms with Crippen molar-refractivity contribution in [2.24, 2.45) is 0 Å². The maximum Gasteiger partial charge on any atom is 0.320 e. The second-order valence-electron chi connectivity index (χ2n) is 7.17. The number of nitrogen functional groups attached to an aromatic ring is 1. The maximum absolute atomic E-state index is 12.6. The van der Waals surface area contributed by atoms with E-state index in [4.69, 9.17) is 15.9 Å². The average molecular weight is 397 g/mol. The predicted molar refractivity (Wildman–Crippen MR) is 112 cm³/mol. The molecule has 6 N–H and O–H groups in total. The number of carbonyl (C=O) groups is 1. The predicted octanol–water partition coefficient (Wildman–Crippen LogP) is 3.19. The van der Waals surface area contributed by atoms with Gasteiger partial charge in [0.1, 0.15) is 5.82 Å². The number of ether oxygens (including phenoxy) is 1. The quantitative estimate of drug-likeness (QED) is 0.377. The van der Waals surface area contributed by atoms with Crippen molar-refractivity contribution < 1.29 is 14.6 Å². The number of nitrogens with two attached hydrogens (primary N) is 1. The summed E-state index contributed by atoms with van der Waals surface area (Å²) >= 11 is 0. The highest BCUT2D eigenvalue weighted by molar-refractivity contribution is 5.97. The summed E-state index contributed by atoms with van der Waals surface area (Å²) in [7, 11) is 0. The van der Waals surface area contributed by atoms with Crippen molar-refractivity contribution in [1.29, 1.82) is 5.41 Å². The van der Waals surface area contributed by atoms with E-state index in [0.29, 0.717) is 25.0 Å². The molecule has 8 nitrogen and oxygen atoms in total. The third-order valence-electron chi connectivity index (χ3n) is 5.13. The summed E-state index contributed by atoms with van der Waals surface area (Å²) in [5.74, 6) is 0.180. The zero-order chi connectivity index (χ0) is 20.9. The maximum atomic E-state index is 12.6. The Hall–Kier alpha value is -3.13. The first kappa shape index (κ1) is 20.6. The van der Waals surface area contributed by atoms with E-state index in [1.165, 1.54) is 12.3 Å². The molecule has 0 radical (unpaired) electrons. The fraction of sp³-hybridized carbons (Fsp3) is 0.381. The topological polar surface area (TPSA) is 133 Å². The molecule has 154 valence electrons. The van der Waals surface area contributed by atoms with Gasteiger partial charge in [-0.2, -0.15) is 0 Å².